The number of halogens is 2. The first-order valence-electron chi connectivity index (χ1n) is 5.59. The number of hydrogen-bond acceptors (Lipinski definition) is 3. The molecule has 0 spiro atoms. The van der Waals surface area contributed by atoms with Crippen molar-refractivity contribution in [1.29, 1.82) is 0 Å². The lowest BCUT2D eigenvalue weighted by Crippen LogP contribution is -2.49. The molecule has 3 N–H and O–H groups in total. The monoisotopic (exact) mass is 380 g/mol. The van der Waals surface area contributed by atoms with E-state index in [1.807, 2.05) is 6.07 Å². The van der Waals surface area contributed by atoms with Gasteiger partial charge in [-0.25, -0.2) is 0 Å². The molecule has 0 bridgehead atoms. The van der Waals surface area contributed by atoms with E-state index in [2.05, 4.69) is 37.2 Å². The molecule has 1 heterocycles. The summed E-state index contributed by atoms with van der Waals surface area (Å²) in [7, 11) is 0. The van der Waals surface area contributed by atoms with Crippen molar-refractivity contribution in [1.82, 2.24) is 5.32 Å². The summed E-state index contributed by atoms with van der Waals surface area (Å²) in [5.41, 5.74) is 6.70. The van der Waals surface area contributed by atoms with Crippen LogP contribution < -0.4 is 11.1 Å². The van der Waals surface area contributed by atoms with Gasteiger partial charge in [0.15, 0.2) is 0 Å². The predicted octanol–water partition coefficient (Wildman–Crippen LogP) is 3.27. The van der Waals surface area contributed by atoms with Crippen molar-refractivity contribution in [2.75, 3.05) is 0 Å². The number of rotatable bonds is 2. The molecule has 0 saturated heterocycles. The van der Waals surface area contributed by atoms with Crippen molar-refractivity contribution < 1.29 is 4.79 Å². The van der Waals surface area contributed by atoms with Gasteiger partial charge in [0.05, 0.1) is 13.1 Å². The molecule has 1 aliphatic rings. The maximum absolute atomic E-state index is 12.1. The van der Waals surface area contributed by atoms with Gasteiger partial charge in [-0.1, -0.05) is 12.8 Å². The van der Waals surface area contributed by atoms with Crippen LogP contribution in [0.25, 0.3) is 0 Å². The number of carbonyl (C=O) groups excluding carboxylic acids is 1. The Morgan fingerprint density at radius 1 is 1.41 bits per heavy atom. The van der Waals surface area contributed by atoms with Gasteiger partial charge in [0.25, 0.3) is 5.91 Å². The summed E-state index contributed by atoms with van der Waals surface area (Å²) in [5, 5.41) is 3.03. The first-order chi connectivity index (χ1) is 8.08. The molecule has 94 valence electrons. The Morgan fingerprint density at radius 2 is 2.12 bits per heavy atom. The zero-order chi connectivity index (χ0) is 12.4. The standard InChI is InChI=1S/C11H14Br2N2OS/c12-9-5-6(10(13)17-9)11(16)15-8-4-2-1-3-7(8)14/h5,7-8H,1-4,14H2,(H,15,16)/t7-,8-/m1/s1. The van der Waals surface area contributed by atoms with Gasteiger partial charge in [0, 0.05) is 12.1 Å². The highest BCUT2D eigenvalue weighted by Crippen LogP contribution is 2.32. The second-order valence-corrected chi connectivity index (χ2v) is 8.02. The van der Waals surface area contributed by atoms with Gasteiger partial charge in [-0.2, -0.15) is 0 Å². The summed E-state index contributed by atoms with van der Waals surface area (Å²) >= 11 is 8.27. The number of nitrogens with two attached hydrogens (primary N) is 1. The van der Waals surface area contributed by atoms with Gasteiger partial charge in [-0.15, -0.1) is 11.3 Å². The van der Waals surface area contributed by atoms with Gasteiger partial charge >= 0.3 is 0 Å². The SMILES string of the molecule is N[C@@H]1CCCC[C@H]1NC(=O)c1cc(Br)sc1Br. The quantitative estimate of drug-likeness (QED) is 0.825. The van der Waals surface area contributed by atoms with Gasteiger partial charge in [0.1, 0.15) is 0 Å². The molecule has 1 aromatic rings. The Morgan fingerprint density at radius 3 is 2.71 bits per heavy atom. The fraction of sp³-hybridized carbons (Fsp3) is 0.545. The van der Waals surface area contributed by atoms with Gasteiger partial charge in [0.2, 0.25) is 0 Å². The summed E-state index contributed by atoms with van der Waals surface area (Å²) in [6.07, 6.45) is 4.30. The molecular weight excluding hydrogens is 368 g/mol. The minimum Gasteiger partial charge on any atom is -0.348 e. The Labute approximate surface area is 121 Å². The van der Waals surface area contributed by atoms with Crippen LogP contribution in [0.1, 0.15) is 36.0 Å². The van der Waals surface area contributed by atoms with Crippen molar-refractivity contribution in [3.05, 3.63) is 19.2 Å². The molecule has 1 aliphatic carbocycles. The molecule has 2 rings (SSSR count). The molecule has 2 atom stereocenters. The number of hydrogen-bond donors (Lipinski definition) is 2. The van der Waals surface area contributed by atoms with E-state index in [1.54, 1.807) is 0 Å². The van der Waals surface area contributed by atoms with Crippen LogP contribution in [-0.2, 0) is 0 Å². The third kappa shape index (κ3) is 3.30. The number of nitrogens with one attached hydrogen (secondary N) is 1. The van der Waals surface area contributed by atoms with Crippen LogP contribution in [0, 0.1) is 0 Å². The highest BCUT2D eigenvalue weighted by molar-refractivity contribution is 9.12. The minimum atomic E-state index is -0.0406. The van der Waals surface area contributed by atoms with Crippen LogP contribution in [0.4, 0.5) is 0 Å². The van der Waals surface area contributed by atoms with Crippen LogP contribution in [0.15, 0.2) is 13.6 Å². The van der Waals surface area contributed by atoms with E-state index in [4.69, 9.17) is 5.73 Å². The van der Waals surface area contributed by atoms with E-state index in [1.165, 1.54) is 17.8 Å². The molecule has 17 heavy (non-hydrogen) atoms. The second kappa shape index (κ2) is 5.82. The van der Waals surface area contributed by atoms with Crippen molar-refractivity contribution >= 4 is 49.1 Å². The molecule has 1 fully saturated rings. The average molecular weight is 382 g/mol. The Balaban J connectivity index is 2.03. The van der Waals surface area contributed by atoms with E-state index in [0.717, 1.165) is 26.8 Å². The molecule has 6 heteroatoms. The van der Waals surface area contributed by atoms with Crippen molar-refractivity contribution in [2.45, 2.75) is 37.8 Å². The van der Waals surface area contributed by atoms with Gasteiger partial charge in [-0.3, -0.25) is 4.79 Å². The van der Waals surface area contributed by atoms with Crippen molar-refractivity contribution in [3.63, 3.8) is 0 Å². The summed E-state index contributed by atoms with van der Waals surface area (Å²) in [6.45, 7) is 0. The Bertz CT molecular complexity index is 422. The smallest absolute Gasteiger partial charge is 0.253 e. The van der Waals surface area contributed by atoms with E-state index in [9.17, 15) is 4.79 Å². The molecule has 0 aliphatic heterocycles. The fourth-order valence-corrected chi connectivity index (χ4v) is 4.87. The minimum absolute atomic E-state index is 0.0406. The highest BCUT2D eigenvalue weighted by atomic mass is 79.9. The lowest BCUT2D eigenvalue weighted by molar-refractivity contribution is 0.0921. The van der Waals surface area contributed by atoms with Crippen molar-refractivity contribution in [3.8, 4) is 0 Å². The third-order valence-electron chi connectivity index (χ3n) is 3.04. The first-order valence-corrected chi connectivity index (χ1v) is 7.99. The maximum atomic E-state index is 12.1. The Kier molecular flexibility index (Phi) is 4.63. The topological polar surface area (TPSA) is 55.1 Å². The maximum Gasteiger partial charge on any atom is 0.253 e. The third-order valence-corrected chi connectivity index (χ3v) is 5.38. The number of amides is 1. The molecular formula is C11H14Br2N2OS. The highest BCUT2D eigenvalue weighted by Gasteiger charge is 2.24. The van der Waals surface area contributed by atoms with Crippen LogP contribution in [-0.4, -0.2) is 18.0 Å². The zero-order valence-corrected chi connectivity index (χ0v) is 13.2. The average Bonchev–Trinajstić information content (AvgIpc) is 2.61. The Hall–Kier alpha value is 0.0900. The van der Waals surface area contributed by atoms with E-state index in [0.29, 0.717) is 5.56 Å². The van der Waals surface area contributed by atoms with Gasteiger partial charge in [-0.05, 0) is 50.8 Å². The zero-order valence-electron chi connectivity index (χ0n) is 9.21. The van der Waals surface area contributed by atoms with Crippen LogP contribution >= 0.6 is 43.2 Å². The lowest BCUT2D eigenvalue weighted by Gasteiger charge is -2.29. The second-order valence-electron chi connectivity index (χ2n) is 4.27. The van der Waals surface area contributed by atoms with E-state index >= 15 is 0 Å². The van der Waals surface area contributed by atoms with Crippen LogP contribution in [0.5, 0.6) is 0 Å². The lowest BCUT2D eigenvalue weighted by atomic mass is 9.91. The van der Waals surface area contributed by atoms with Crippen LogP contribution in [0.3, 0.4) is 0 Å². The molecule has 1 saturated carbocycles. The predicted molar refractivity (Wildman–Crippen MR) is 77.4 cm³/mol. The summed E-state index contributed by atoms with van der Waals surface area (Å²) in [6, 6.07) is 2.04. The largest absolute Gasteiger partial charge is 0.348 e. The summed E-state index contributed by atoms with van der Waals surface area (Å²) in [5.74, 6) is -0.0406. The number of carbonyl (C=O) groups is 1. The van der Waals surface area contributed by atoms with E-state index in [-0.39, 0.29) is 18.0 Å². The molecule has 0 unspecified atom stereocenters. The first kappa shape index (κ1) is 13.5. The summed E-state index contributed by atoms with van der Waals surface area (Å²) in [4.78, 5) is 12.1. The molecule has 3 nitrogen and oxygen atoms in total. The fourth-order valence-electron chi connectivity index (χ4n) is 2.08. The number of thiophene rings is 1. The molecule has 1 aromatic heterocycles. The molecule has 0 aromatic carbocycles. The van der Waals surface area contributed by atoms with Gasteiger partial charge < -0.3 is 11.1 Å². The summed E-state index contributed by atoms with van der Waals surface area (Å²) < 4.78 is 1.80. The van der Waals surface area contributed by atoms with E-state index < -0.39 is 0 Å². The normalized spacial score (nSPS) is 24.6. The van der Waals surface area contributed by atoms with Crippen molar-refractivity contribution in [2.24, 2.45) is 5.73 Å². The molecule has 1 amide bonds. The van der Waals surface area contributed by atoms with Crippen LogP contribution in [0.2, 0.25) is 0 Å². The molecule has 0 radical (unpaired) electrons.